The lowest BCUT2D eigenvalue weighted by molar-refractivity contribution is -0.140. The molecule has 1 fully saturated rings. The van der Waals surface area contributed by atoms with Crippen molar-refractivity contribution in [3.63, 3.8) is 0 Å². The third-order valence-corrected chi connectivity index (χ3v) is 6.65. The monoisotopic (exact) mass is 572 g/mol. The Hall–Kier alpha value is -2.81. The topological polar surface area (TPSA) is 183 Å². The zero-order chi connectivity index (χ0) is 30.1. The van der Waals surface area contributed by atoms with Gasteiger partial charge in [0, 0.05) is 58.9 Å². The molecule has 1 saturated heterocycles. The first-order chi connectivity index (χ1) is 18.8. The van der Waals surface area contributed by atoms with Crippen LogP contribution in [0.5, 0.6) is 0 Å². The fourth-order valence-electron chi connectivity index (χ4n) is 4.38. The largest absolute Gasteiger partial charge is 0.480 e. The minimum Gasteiger partial charge on any atom is -0.480 e. The minimum atomic E-state index is -1.02. The predicted octanol–water partition coefficient (Wildman–Crippen LogP) is -1.09. The van der Waals surface area contributed by atoms with E-state index in [1.54, 1.807) is 21.6 Å². The number of amides is 2. The minimum absolute atomic E-state index is 0.0427. The molecule has 14 nitrogen and oxygen atoms in total. The van der Waals surface area contributed by atoms with Gasteiger partial charge in [0.05, 0.1) is 26.2 Å². The van der Waals surface area contributed by atoms with Crippen LogP contribution in [0.4, 0.5) is 0 Å². The van der Waals surface area contributed by atoms with Crippen molar-refractivity contribution in [3.8, 4) is 0 Å². The number of nitrogens with zero attached hydrogens (tertiary/aromatic N) is 4. The fraction of sp³-hybridized carbons (Fsp3) is 0.808. The second-order valence-electron chi connectivity index (χ2n) is 10.8. The highest BCUT2D eigenvalue weighted by Gasteiger charge is 2.22. The first-order valence-corrected chi connectivity index (χ1v) is 14.0. The van der Waals surface area contributed by atoms with E-state index in [0.29, 0.717) is 64.8 Å². The summed E-state index contributed by atoms with van der Waals surface area (Å²) in [6.45, 7) is 8.18. The molecule has 0 radical (unpaired) electrons. The van der Waals surface area contributed by atoms with Gasteiger partial charge in [-0.3, -0.25) is 43.6 Å². The van der Waals surface area contributed by atoms with Gasteiger partial charge in [-0.25, -0.2) is 0 Å². The van der Waals surface area contributed by atoms with Gasteiger partial charge in [0.25, 0.3) is 0 Å². The molecule has 0 saturated carbocycles. The Morgan fingerprint density at radius 3 is 1.35 bits per heavy atom. The van der Waals surface area contributed by atoms with E-state index in [1.165, 1.54) is 0 Å². The number of carbonyl (C=O) groups excluding carboxylic acids is 2. The van der Waals surface area contributed by atoms with Gasteiger partial charge in [-0.2, -0.15) is 0 Å². The summed E-state index contributed by atoms with van der Waals surface area (Å²) in [6.07, 6.45) is 2.97. The number of carboxylic acids is 3. The van der Waals surface area contributed by atoms with Crippen molar-refractivity contribution in [2.45, 2.75) is 46.1 Å². The van der Waals surface area contributed by atoms with Crippen LogP contribution in [0.25, 0.3) is 0 Å². The normalized spacial score (nSPS) is 17.9. The van der Waals surface area contributed by atoms with Crippen LogP contribution in [0.3, 0.4) is 0 Å². The fourth-order valence-corrected chi connectivity index (χ4v) is 4.38. The Kier molecular flexibility index (Phi) is 17.0. The third kappa shape index (κ3) is 17.0. The van der Waals surface area contributed by atoms with Crippen LogP contribution >= 0.6 is 0 Å². The van der Waals surface area contributed by atoms with E-state index in [0.717, 1.165) is 19.3 Å². The average Bonchev–Trinajstić information content (AvgIpc) is 2.84. The summed E-state index contributed by atoms with van der Waals surface area (Å²) < 4.78 is 0. The maximum Gasteiger partial charge on any atom is 0.317 e. The molecule has 1 aliphatic rings. The molecule has 14 heteroatoms. The summed E-state index contributed by atoms with van der Waals surface area (Å²) in [5, 5.41) is 33.5. The molecule has 0 aromatic heterocycles. The quantitative estimate of drug-likeness (QED) is 0.150. The Morgan fingerprint density at radius 1 is 0.625 bits per heavy atom. The smallest absolute Gasteiger partial charge is 0.317 e. The highest BCUT2D eigenvalue weighted by Crippen LogP contribution is 2.05. The molecule has 1 aliphatic heterocycles. The van der Waals surface area contributed by atoms with Gasteiger partial charge in [0.1, 0.15) is 6.04 Å². The third-order valence-electron chi connectivity index (χ3n) is 6.65. The highest BCUT2D eigenvalue weighted by molar-refractivity contribution is 5.87. The van der Waals surface area contributed by atoms with Crippen molar-refractivity contribution in [1.82, 2.24) is 30.2 Å². The van der Waals surface area contributed by atoms with E-state index >= 15 is 0 Å². The van der Waals surface area contributed by atoms with Gasteiger partial charge in [-0.15, -0.1) is 0 Å². The Bertz CT molecular complexity index is 795. The van der Waals surface area contributed by atoms with Gasteiger partial charge in [-0.1, -0.05) is 26.7 Å². The summed E-state index contributed by atoms with van der Waals surface area (Å²) in [5.74, 6) is -3.07. The van der Waals surface area contributed by atoms with Crippen LogP contribution in [-0.4, -0.2) is 156 Å². The zero-order valence-corrected chi connectivity index (χ0v) is 24.1. The molecule has 0 aromatic carbocycles. The van der Waals surface area contributed by atoms with Gasteiger partial charge in [-0.05, 0) is 19.3 Å². The van der Waals surface area contributed by atoms with E-state index in [2.05, 4.69) is 24.5 Å². The van der Waals surface area contributed by atoms with Crippen LogP contribution in [0, 0.1) is 5.92 Å². The summed E-state index contributed by atoms with van der Waals surface area (Å²) in [6, 6.07) is -0.725. The Labute approximate surface area is 236 Å². The molecule has 40 heavy (non-hydrogen) atoms. The predicted molar refractivity (Wildman–Crippen MR) is 148 cm³/mol. The number of nitrogens with one attached hydrogen (secondary N) is 2. The first-order valence-electron chi connectivity index (χ1n) is 14.0. The highest BCUT2D eigenvalue weighted by atomic mass is 16.4. The van der Waals surface area contributed by atoms with Crippen LogP contribution in [0.2, 0.25) is 0 Å². The molecule has 2 amide bonds. The molecular formula is C26H48N6O8. The van der Waals surface area contributed by atoms with Crippen LogP contribution in [0.1, 0.15) is 40.0 Å². The van der Waals surface area contributed by atoms with Crippen LogP contribution in [-0.2, 0) is 24.0 Å². The lowest BCUT2D eigenvalue weighted by Gasteiger charge is -2.33. The van der Waals surface area contributed by atoms with E-state index < -0.39 is 23.9 Å². The lowest BCUT2D eigenvalue weighted by Crippen LogP contribution is -2.51. The maximum absolute atomic E-state index is 12.8. The van der Waals surface area contributed by atoms with Gasteiger partial charge >= 0.3 is 17.9 Å². The van der Waals surface area contributed by atoms with Crippen LogP contribution < -0.4 is 10.6 Å². The molecular weight excluding hydrogens is 524 g/mol. The molecule has 0 bridgehead atoms. The van der Waals surface area contributed by atoms with E-state index in [9.17, 15) is 39.3 Å². The van der Waals surface area contributed by atoms with Gasteiger partial charge in [0.15, 0.2) is 0 Å². The zero-order valence-electron chi connectivity index (χ0n) is 24.1. The Balaban J connectivity index is 2.80. The first kappa shape index (κ1) is 35.2. The lowest BCUT2D eigenvalue weighted by atomic mass is 10.1. The molecule has 0 spiro atoms. The second-order valence-corrected chi connectivity index (χ2v) is 10.8. The summed E-state index contributed by atoms with van der Waals surface area (Å²) in [4.78, 5) is 66.2. The molecule has 1 heterocycles. The summed E-state index contributed by atoms with van der Waals surface area (Å²) in [7, 11) is 0. The molecule has 230 valence electrons. The Morgan fingerprint density at radius 2 is 1.00 bits per heavy atom. The van der Waals surface area contributed by atoms with E-state index in [1.807, 2.05) is 4.90 Å². The van der Waals surface area contributed by atoms with Crippen molar-refractivity contribution in [2.75, 3.05) is 85.1 Å². The van der Waals surface area contributed by atoms with Crippen molar-refractivity contribution >= 4 is 29.7 Å². The molecule has 5 N–H and O–H groups in total. The van der Waals surface area contributed by atoms with Crippen molar-refractivity contribution in [3.05, 3.63) is 0 Å². The van der Waals surface area contributed by atoms with Gasteiger partial charge in [0.2, 0.25) is 11.8 Å². The average molecular weight is 573 g/mol. The van der Waals surface area contributed by atoms with Crippen molar-refractivity contribution < 1.29 is 39.3 Å². The number of rotatable bonds is 15. The van der Waals surface area contributed by atoms with Crippen LogP contribution in [0.15, 0.2) is 0 Å². The second kappa shape index (κ2) is 19.3. The summed E-state index contributed by atoms with van der Waals surface area (Å²) >= 11 is 0. The molecule has 1 atom stereocenters. The number of carboxylic acid groups (broad SMARTS) is 3. The molecule has 0 aliphatic carbocycles. The maximum atomic E-state index is 12.8. The number of hydrogen-bond donors (Lipinski definition) is 5. The SMILES string of the molecule is CC(C)CCCCNC(=O)[C@H](C)NC(=O)CN1CCN(CC(=O)O)CCN(CC(=O)O)CCN(CC(=O)O)CC1. The number of carbonyl (C=O) groups is 5. The standard InChI is InChI=1S/C26H48N6O8/c1-20(2)6-4-5-7-27-26(40)21(3)28-22(33)16-29-8-10-30(17-23(34)35)12-14-32(19-25(38)39)15-13-31(11-9-29)18-24(36)37/h20-21H,4-19H2,1-3H3,(H,27,40)(H,28,33)(H,34,35)(H,36,37)(H,38,39)/t21-/m0/s1. The van der Waals surface area contributed by atoms with Crippen molar-refractivity contribution in [2.24, 2.45) is 5.92 Å². The summed E-state index contributed by atoms with van der Waals surface area (Å²) in [5.41, 5.74) is 0. The molecule has 0 aromatic rings. The van der Waals surface area contributed by atoms with E-state index in [4.69, 9.17) is 0 Å². The number of hydrogen-bond acceptors (Lipinski definition) is 9. The number of aliphatic carboxylic acids is 3. The molecule has 1 rings (SSSR count). The van der Waals surface area contributed by atoms with Gasteiger partial charge < -0.3 is 26.0 Å². The molecule has 0 unspecified atom stereocenters. The van der Waals surface area contributed by atoms with E-state index in [-0.39, 0.29) is 38.0 Å². The van der Waals surface area contributed by atoms with Crippen molar-refractivity contribution in [1.29, 1.82) is 0 Å². The number of unbranched alkanes of at least 4 members (excludes halogenated alkanes) is 1.